The van der Waals surface area contributed by atoms with E-state index in [-0.39, 0.29) is 29.7 Å². The van der Waals surface area contributed by atoms with E-state index in [1.807, 2.05) is 37.3 Å². The number of phenols is 1. The molecule has 0 aromatic heterocycles. The van der Waals surface area contributed by atoms with Crippen molar-refractivity contribution in [2.45, 2.75) is 19.9 Å². The van der Waals surface area contributed by atoms with Crippen LogP contribution in [0.4, 0.5) is 4.39 Å². The van der Waals surface area contributed by atoms with E-state index in [2.05, 4.69) is 15.6 Å². The van der Waals surface area contributed by atoms with Crippen molar-refractivity contribution in [1.82, 2.24) is 10.6 Å². The summed E-state index contributed by atoms with van der Waals surface area (Å²) >= 11 is 0. The standard InChI is InChI=1S/C19H24FN3O2.HI/c1-2-21-19(23-14-15-9-10-18(24)17(20)13-15)22-11-6-12-25-16-7-4-3-5-8-16;/h3-5,7-10,13,24H,2,6,11-12,14H2,1H3,(H2,21,22,23);1H. The van der Waals surface area contributed by atoms with Crippen LogP contribution in [-0.2, 0) is 6.54 Å². The zero-order valence-corrected chi connectivity index (χ0v) is 17.1. The normalized spacial score (nSPS) is 10.8. The van der Waals surface area contributed by atoms with Crippen LogP contribution in [-0.4, -0.2) is 30.8 Å². The molecule has 0 saturated carbocycles. The number of nitrogens with zero attached hydrogens (tertiary/aromatic N) is 1. The number of aliphatic imine (C=N–C) groups is 1. The van der Waals surface area contributed by atoms with Crippen molar-refractivity contribution in [3.8, 4) is 11.5 Å². The Balaban J connectivity index is 0.00000338. The van der Waals surface area contributed by atoms with Gasteiger partial charge in [-0.05, 0) is 43.2 Å². The third kappa shape index (κ3) is 7.90. The Hall–Kier alpha value is -2.03. The van der Waals surface area contributed by atoms with Crippen LogP contribution in [0.2, 0.25) is 0 Å². The molecule has 0 radical (unpaired) electrons. The highest BCUT2D eigenvalue weighted by Gasteiger charge is 2.02. The lowest BCUT2D eigenvalue weighted by atomic mass is 10.2. The fraction of sp³-hybridized carbons (Fsp3) is 0.316. The fourth-order valence-electron chi connectivity index (χ4n) is 2.15. The summed E-state index contributed by atoms with van der Waals surface area (Å²) in [6.45, 7) is 4.36. The molecule has 2 rings (SSSR count). The van der Waals surface area contributed by atoms with Gasteiger partial charge in [0.15, 0.2) is 17.5 Å². The topological polar surface area (TPSA) is 65.9 Å². The number of guanidine groups is 1. The molecule has 0 unspecified atom stereocenters. The Bertz CT molecular complexity index is 684. The second kappa shape index (κ2) is 12.3. The molecule has 0 bridgehead atoms. The molecule has 0 heterocycles. The predicted octanol–water partition coefficient (Wildman–Crippen LogP) is 3.67. The molecular formula is C19H25FIN3O2. The molecule has 0 amide bonds. The van der Waals surface area contributed by atoms with Crippen LogP contribution < -0.4 is 15.4 Å². The summed E-state index contributed by atoms with van der Waals surface area (Å²) in [4.78, 5) is 4.42. The van der Waals surface area contributed by atoms with Crippen LogP contribution in [0.3, 0.4) is 0 Å². The minimum atomic E-state index is -0.635. The Kier molecular flexibility index (Phi) is 10.5. The summed E-state index contributed by atoms with van der Waals surface area (Å²) in [6.07, 6.45) is 0.827. The lowest BCUT2D eigenvalue weighted by Crippen LogP contribution is -2.38. The molecule has 7 heteroatoms. The fourth-order valence-corrected chi connectivity index (χ4v) is 2.15. The molecule has 142 valence electrons. The Morgan fingerprint density at radius 2 is 1.92 bits per heavy atom. The van der Waals surface area contributed by atoms with Gasteiger partial charge in [0.1, 0.15) is 5.75 Å². The maximum atomic E-state index is 13.3. The van der Waals surface area contributed by atoms with Gasteiger partial charge in [0.05, 0.1) is 13.2 Å². The predicted molar refractivity (Wildman–Crippen MR) is 113 cm³/mol. The number of para-hydroxylation sites is 1. The van der Waals surface area contributed by atoms with Gasteiger partial charge in [0.25, 0.3) is 0 Å². The van der Waals surface area contributed by atoms with Crippen LogP contribution in [0.15, 0.2) is 53.5 Å². The molecule has 0 fully saturated rings. The average molecular weight is 473 g/mol. The quantitative estimate of drug-likeness (QED) is 0.237. The number of rotatable bonds is 8. The van der Waals surface area contributed by atoms with Crippen molar-refractivity contribution in [1.29, 1.82) is 0 Å². The molecular weight excluding hydrogens is 448 g/mol. The van der Waals surface area contributed by atoms with Crippen molar-refractivity contribution in [3.63, 3.8) is 0 Å². The molecule has 26 heavy (non-hydrogen) atoms. The van der Waals surface area contributed by atoms with Gasteiger partial charge in [-0.15, -0.1) is 24.0 Å². The van der Waals surface area contributed by atoms with Crippen molar-refractivity contribution in [2.24, 2.45) is 4.99 Å². The molecule has 0 spiro atoms. The van der Waals surface area contributed by atoms with Crippen LogP contribution in [0.5, 0.6) is 11.5 Å². The number of halogens is 2. The van der Waals surface area contributed by atoms with E-state index in [0.717, 1.165) is 18.7 Å². The highest BCUT2D eigenvalue weighted by molar-refractivity contribution is 14.0. The zero-order chi connectivity index (χ0) is 17.9. The monoisotopic (exact) mass is 473 g/mol. The molecule has 0 atom stereocenters. The van der Waals surface area contributed by atoms with Crippen molar-refractivity contribution >= 4 is 29.9 Å². The SMILES string of the molecule is CCNC(=NCc1ccc(O)c(F)c1)NCCCOc1ccccc1.I. The Morgan fingerprint density at radius 1 is 1.15 bits per heavy atom. The third-order valence-corrected chi connectivity index (χ3v) is 3.40. The summed E-state index contributed by atoms with van der Waals surface area (Å²) in [5, 5.41) is 15.6. The summed E-state index contributed by atoms with van der Waals surface area (Å²) in [7, 11) is 0. The Labute approximate surface area is 170 Å². The number of phenolic OH excluding ortho intramolecular Hbond substituents is 1. The van der Waals surface area contributed by atoms with Crippen molar-refractivity contribution < 1.29 is 14.2 Å². The van der Waals surface area contributed by atoms with E-state index in [4.69, 9.17) is 4.74 Å². The minimum absolute atomic E-state index is 0. The van der Waals surface area contributed by atoms with Crippen molar-refractivity contribution in [2.75, 3.05) is 19.7 Å². The lowest BCUT2D eigenvalue weighted by molar-refractivity contribution is 0.311. The maximum absolute atomic E-state index is 13.3. The highest BCUT2D eigenvalue weighted by atomic mass is 127. The molecule has 0 aliphatic heterocycles. The number of nitrogens with one attached hydrogen (secondary N) is 2. The van der Waals surface area contributed by atoms with Gasteiger partial charge in [-0.25, -0.2) is 9.38 Å². The summed E-state index contributed by atoms with van der Waals surface area (Å²) in [6, 6.07) is 14.0. The summed E-state index contributed by atoms with van der Waals surface area (Å²) in [5.41, 5.74) is 0.694. The molecule has 2 aromatic rings. The van der Waals surface area contributed by atoms with E-state index < -0.39 is 5.82 Å². The van der Waals surface area contributed by atoms with Gasteiger partial charge in [0, 0.05) is 13.1 Å². The first-order chi connectivity index (χ1) is 12.2. The first kappa shape index (κ1) is 22.0. The first-order valence-corrected chi connectivity index (χ1v) is 8.36. The molecule has 0 aliphatic rings. The van der Waals surface area contributed by atoms with Crippen LogP contribution >= 0.6 is 24.0 Å². The lowest BCUT2D eigenvalue weighted by Gasteiger charge is -2.12. The number of hydrogen-bond acceptors (Lipinski definition) is 3. The smallest absolute Gasteiger partial charge is 0.191 e. The third-order valence-electron chi connectivity index (χ3n) is 3.40. The van der Waals surface area contributed by atoms with E-state index in [1.165, 1.54) is 12.1 Å². The van der Waals surface area contributed by atoms with Gasteiger partial charge in [-0.2, -0.15) is 0 Å². The minimum Gasteiger partial charge on any atom is -0.505 e. The molecule has 0 saturated heterocycles. The van der Waals surface area contributed by atoms with Crippen LogP contribution in [0.1, 0.15) is 18.9 Å². The molecule has 3 N–H and O–H groups in total. The number of ether oxygens (including phenoxy) is 1. The maximum Gasteiger partial charge on any atom is 0.191 e. The first-order valence-electron chi connectivity index (χ1n) is 8.36. The number of benzene rings is 2. The molecule has 5 nitrogen and oxygen atoms in total. The van der Waals surface area contributed by atoms with Gasteiger partial charge in [-0.1, -0.05) is 24.3 Å². The Morgan fingerprint density at radius 3 is 2.62 bits per heavy atom. The number of hydrogen-bond donors (Lipinski definition) is 3. The molecule has 2 aromatic carbocycles. The van der Waals surface area contributed by atoms with E-state index in [0.29, 0.717) is 31.2 Å². The highest BCUT2D eigenvalue weighted by Crippen LogP contribution is 2.16. The van der Waals surface area contributed by atoms with E-state index in [9.17, 15) is 9.50 Å². The van der Waals surface area contributed by atoms with Gasteiger partial charge in [0.2, 0.25) is 0 Å². The van der Waals surface area contributed by atoms with E-state index in [1.54, 1.807) is 6.07 Å². The zero-order valence-electron chi connectivity index (χ0n) is 14.7. The number of aromatic hydroxyl groups is 1. The second-order valence-corrected chi connectivity index (χ2v) is 5.42. The molecule has 0 aliphatic carbocycles. The van der Waals surface area contributed by atoms with Crippen LogP contribution in [0, 0.1) is 5.82 Å². The van der Waals surface area contributed by atoms with Crippen LogP contribution in [0.25, 0.3) is 0 Å². The van der Waals surface area contributed by atoms with E-state index >= 15 is 0 Å². The summed E-state index contributed by atoms with van der Waals surface area (Å²) < 4.78 is 19.0. The largest absolute Gasteiger partial charge is 0.505 e. The second-order valence-electron chi connectivity index (χ2n) is 5.42. The average Bonchev–Trinajstić information content (AvgIpc) is 2.63. The van der Waals surface area contributed by atoms with Gasteiger partial charge in [-0.3, -0.25) is 0 Å². The van der Waals surface area contributed by atoms with Gasteiger partial charge >= 0.3 is 0 Å². The van der Waals surface area contributed by atoms with Crippen molar-refractivity contribution in [3.05, 3.63) is 59.9 Å². The summed E-state index contributed by atoms with van der Waals surface area (Å²) in [5.74, 6) is 0.535. The van der Waals surface area contributed by atoms with Gasteiger partial charge < -0.3 is 20.5 Å².